The smallest absolute Gasteiger partial charge is 0.257 e. The highest BCUT2D eigenvalue weighted by molar-refractivity contribution is 5.95. The summed E-state index contributed by atoms with van der Waals surface area (Å²) in [4.78, 5) is 19.2. The highest BCUT2D eigenvalue weighted by atomic mass is 19.1. The van der Waals surface area contributed by atoms with E-state index in [2.05, 4.69) is 23.9 Å². The van der Waals surface area contributed by atoms with E-state index in [1.165, 1.54) is 13.2 Å². The van der Waals surface area contributed by atoms with Gasteiger partial charge in [0.15, 0.2) is 17.4 Å². The Hall–Kier alpha value is -1.73. The van der Waals surface area contributed by atoms with Crippen molar-refractivity contribution >= 4 is 5.91 Å². The number of carbonyl (C=O) groups excluding carboxylic acids is 1. The molecule has 2 fully saturated rings. The van der Waals surface area contributed by atoms with Crippen LogP contribution in [0.15, 0.2) is 12.1 Å². The molecule has 0 unspecified atom stereocenters. The Morgan fingerprint density at radius 2 is 1.80 bits per heavy atom. The quantitative estimate of drug-likeness (QED) is 0.813. The number of likely N-dealkylation sites (tertiary alicyclic amines) is 1. The third-order valence-corrected chi connectivity index (χ3v) is 5.69. The molecular weight excluding hydrogens is 328 g/mol. The van der Waals surface area contributed by atoms with Gasteiger partial charge >= 0.3 is 0 Å². The molecule has 1 aromatic carbocycles. The summed E-state index contributed by atoms with van der Waals surface area (Å²) in [6.07, 6.45) is 1.94. The first-order chi connectivity index (χ1) is 11.9. The molecule has 0 saturated carbocycles. The molecule has 7 heteroatoms. The predicted octanol–water partition coefficient (Wildman–Crippen LogP) is 1.83. The van der Waals surface area contributed by atoms with Crippen LogP contribution in [-0.4, -0.2) is 80.1 Å². The monoisotopic (exact) mass is 353 g/mol. The Balaban J connectivity index is 1.84. The molecule has 1 spiro atoms. The van der Waals surface area contributed by atoms with E-state index in [-0.39, 0.29) is 11.1 Å². The van der Waals surface area contributed by atoms with Gasteiger partial charge in [-0.1, -0.05) is 0 Å². The minimum absolute atomic E-state index is 0.0684. The van der Waals surface area contributed by atoms with Crippen LogP contribution >= 0.6 is 0 Å². The van der Waals surface area contributed by atoms with Crippen LogP contribution in [-0.2, 0) is 0 Å². The van der Waals surface area contributed by atoms with Gasteiger partial charge < -0.3 is 14.5 Å². The lowest BCUT2D eigenvalue weighted by Gasteiger charge is -2.52. The summed E-state index contributed by atoms with van der Waals surface area (Å²) in [6, 6.07) is 2.28. The van der Waals surface area contributed by atoms with Crippen molar-refractivity contribution in [1.82, 2.24) is 14.7 Å². The maximum absolute atomic E-state index is 14.5. The van der Waals surface area contributed by atoms with Crippen molar-refractivity contribution in [3.63, 3.8) is 0 Å². The second-order valence-electron chi connectivity index (χ2n) is 7.12. The van der Waals surface area contributed by atoms with Crippen LogP contribution in [0.4, 0.5) is 8.78 Å². The van der Waals surface area contributed by atoms with E-state index in [1.807, 2.05) is 0 Å². The molecule has 0 radical (unpaired) electrons. The van der Waals surface area contributed by atoms with Gasteiger partial charge in [0.25, 0.3) is 5.91 Å². The number of likely N-dealkylation sites (N-methyl/N-ethyl adjacent to an activating group) is 1. The van der Waals surface area contributed by atoms with Gasteiger partial charge in [0.2, 0.25) is 0 Å². The molecule has 1 amide bonds. The highest BCUT2D eigenvalue weighted by Gasteiger charge is 2.43. The minimum Gasteiger partial charge on any atom is -0.491 e. The van der Waals surface area contributed by atoms with Crippen molar-refractivity contribution in [2.45, 2.75) is 18.4 Å². The van der Waals surface area contributed by atoms with Gasteiger partial charge in [-0.05, 0) is 52.2 Å². The molecule has 0 N–H and O–H groups in total. The molecule has 0 atom stereocenters. The fourth-order valence-electron chi connectivity index (χ4n) is 3.87. The van der Waals surface area contributed by atoms with Crippen molar-refractivity contribution in [2.24, 2.45) is 0 Å². The van der Waals surface area contributed by atoms with Crippen molar-refractivity contribution < 1.29 is 18.3 Å². The molecular formula is C18H25F2N3O2. The zero-order valence-corrected chi connectivity index (χ0v) is 15.0. The summed E-state index contributed by atoms with van der Waals surface area (Å²) in [5, 5.41) is 0. The number of piperidine rings is 1. The Labute approximate surface area is 147 Å². The molecule has 2 heterocycles. The SMILES string of the molecule is COc1c(F)ccc(C(=O)N2CCN(C)C3(CCN(C)CC3)C2)c1F. The van der Waals surface area contributed by atoms with Crippen LogP contribution in [0.1, 0.15) is 23.2 Å². The molecule has 1 aromatic rings. The number of benzene rings is 1. The van der Waals surface area contributed by atoms with Gasteiger partial charge in [-0.3, -0.25) is 9.69 Å². The van der Waals surface area contributed by atoms with Crippen LogP contribution in [0.3, 0.4) is 0 Å². The average molecular weight is 353 g/mol. The Morgan fingerprint density at radius 1 is 1.12 bits per heavy atom. The van der Waals surface area contributed by atoms with Crippen molar-refractivity contribution in [1.29, 1.82) is 0 Å². The first kappa shape index (κ1) is 18.1. The maximum Gasteiger partial charge on any atom is 0.257 e. The van der Waals surface area contributed by atoms with Gasteiger partial charge in [-0.2, -0.15) is 0 Å². The number of halogens is 2. The molecule has 2 saturated heterocycles. The fourth-order valence-corrected chi connectivity index (χ4v) is 3.87. The van der Waals surface area contributed by atoms with E-state index in [4.69, 9.17) is 4.74 Å². The lowest BCUT2D eigenvalue weighted by molar-refractivity contribution is -0.0172. The zero-order chi connectivity index (χ0) is 18.2. The van der Waals surface area contributed by atoms with Gasteiger partial charge in [-0.15, -0.1) is 0 Å². The Kier molecular flexibility index (Phi) is 4.97. The maximum atomic E-state index is 14.5. The van der Waals surface area contributed by atoms with Crippen LogP contribution in [0.25, 0.3) is 0 Å². The first-order valence-corrected chi connectivity index (χ1v) is 8.59. The Morgan fingerprint density at radius 3 is 2.44 bits per heavy atom. The van der Waals surface area contributed by atoms with Crippen molar-refractivity contribution in [3.8, 4) is 5.75 Å². The number of piperazine rings is 1. The molecule has 0 aliphatic carbocycles. The lowest BCUT2D eigenvalue weighted by atomic mass is 9.83. The molecule has 3 rings (SSSR count). The highest BCUT2D eigenvalue weighted by Crippen LogP contribution is 2.32. The van der Waals surface area contributed by atoms with Gasteiger partial charge in [-0.25, -0.2) is 8.78 Å². The van der Waals surface area contributed by atoms with Gasteiger partial charge in [0.1, 0.15) is 0 Å². The van der Waals surface area contributed by atoms with E-state index in [0.29, 0.717) is 13.1 Å². The third-order valence-electron chi connectivity index (χ3n) is 5.69. The number of nitrogens with zero attached hydrogens (tertiary/aromatic N) is 3. The number of hydrogen-bond donors (Lipinski definition) is 0. The van der Waals surface area contributed by atoms with E-state index in [9.17, 15) is 13.6 Å². The summed E-state index contributed by atoms with van der Waals surface area (Å²) < 4.78 is 32.8. The molecule has 138 valence electrons. The number of methoxy groups -OCH3 is 1. The van der Waals surface area contributed by atoms with Gasteiger partial charge in [0, 0.05) is 25.2 Å². The summed E-state index contributed by atoms with van der Waals surface area (Å²) in [5.74, 6) is -2.64. The molecule has 2 aliphatic heterocycles. The standard InChI is InChI=1S/C18H25F2N3O2/c1-21-8-6-18(7-9-21)12-23(11-10-22(18)2)17(24)13-4-5-14(19)16(25-3)15(13)20/h4-5H,6-12H2,1-3H3. The molecule has 25 heavy (non-hydrogen) atoms. The van der Waals surface area contributed by atoms with Crippen LogP contribution in [0, 0.1) is 11.6 Å². The number of amides is 1. The van der Waals surface area contributed by atoms with Crippen LogP contribution in [0.2, 0.25) is 0 Å². The number of carbonyl (C=O) groups is 1. The number of ether oxygens (including phenoxy) is 1. The molecule has 5 nitrogen and oxygen atoms in total. The summed E-state index contributed by atoms with van der Waals surface area (Å²) in [5.41, 5.74) is -0.202. The summed E-state index contributed by atoms with van der Waals surface area (Å²) in [7, 11) is 5.38. The fraction of sp³-hybridized carbons (Fsp3) is 0.611. The topological polar surface area (TPSA) is 36.0 Å². The zero-order valence-electron chi connectivity index (χ0n) is 15.0. The van der Waals surface area contributed by atoms with Crippen molar-refractivity contribution in [2.75, 3.05) is 53.9 Å². The average Bonchev–Trinajstić information content (AvgIpc) is 2.60. The minimum atomic E-state index is -0.927. The lowest BCUT2D eigenvalue weighted by Crippen LogP contribution is -2.65. The summed E-state index contributed by atoms with van der Waals surface area (Å²) >= 11 is 0. The van der Waals surface area contributed by atoms with E-state index in [1.54, 1.807) is 4.90 Å². The molecule has 0 aromatic heterocycles. The largest absolute Gasteiger partial charge is 0.491 e. The second kappa shape index (κ2) is 6.88. The van der Waals surface area contributed by atoms with E-state index in [0.717, 1.165) is 38.5 Å². The van der Waals surface area contributed by atoms with Crippen LogP contribution in [0.5, 0.6) is 5.75 Å². The normalized spacial score (nSPS) is 21.6. The van der Waals surface area contributed by atoms with Crippen LogP contribution < -0.4 is 4.74 Å². The Bertz CT molecular complexity index is 660. The van der Waals surface area contributed by atoms with E-state index >= 15 is 0 Å². The second-order valence-corrected chi connectivity index (χ2v) is 7.12. The predicted molar refractivity (Wildman–Crippen MR) is 90.9 cm³/mol. The molecule has 2 aliphatic rings. The number of hydrogen-bond acceptors (Lipinski definition) is 4. The van der Waals surface area contributed by atoms with Crippen molar-refractivity contribution in [3.05, 3.63) is 29.3 Å². The molecule has 0 bridgehead atoms. The van der Waals surface area contributed by atoms with E-state index < -0.39 is 23.3 Å². The first-order valence-electron chi connectivity index (χ1n) is 8.59. The third kappa shape index (κ3) is 3.22. The number of rotatable bonds is 2. The summed E-state index contributed by atoms with van der Waals surface area (Å²) in [6.45, 7) is 3.80. The van der Waals surface area contributed by atoms with Gasteiger partial charge in [0.05, 0.1) is 12.7 Å².